The highest BCUT2D eigenvalue weighted by Crippen LogP contribution is 2.31. The maximum atomic E-state index is 12.7. The lowest BCUT2D eigenvalue weighted by Crippen LogP contribution is -2.28. The van der Waals surface area contributed by atoms with Gasteiger partial charge in [0, 0.05) is 20.8 Å². The predicted molar refractivity (Wildman–Crippen MR) is 102 cm³/mol. The topological polar surface area (TPSA) is 57.5 Å². The number of benzene rings is 2. The van der Waals surface area contributed by atoms with Crippen molar-refractivity contribution in [1.29, 1.82) is 0 Å². The van der Waals surface area contributed by atoms with Crippen LogP contribution in [0, 0.1) is 11.8 Å². The van der Waals surface area contributed by atoms with Gasteiger partial charge in [-0.25, -0.2) is 0 Å². The molecule has 0 aliphatic rings. The Labute approximate surface area is 159 Å². The fraction of sp³-hybridized carbons (Fsp3) is 0.316. The highest BCUT2D eigenvalue weighted by Gasteiger charge is 2.31. The summed E-state index contributed by atoms with van der Waals surface area (Å²) in [5.74, 6) is -1.38. The molecule has 24 heavy (non-hydrogen) atoms. The Bertz CT molecular complexity index is 623. The van der Waals surface area contributed by atoms with E-state index in [1.165, 1.54) is 0 Å². The maximum absolute atomic E-state index is 12.7. The summed E-state index contributed by atoms with van der Waals surface area (Å²) in [5, 5.41) is 20.9. The van der Waals surface area contributed by atoms with Gasteiger partial charge in [0.25, 0.3) is 0 Å². The van der Waals surface area contributed by atoms with Crippen molar-refractivity contribution in [1.82, 2.24) is 0 Å². The summed E-state index contributed by atoms with van der Waals surface area (Å²) in [6.45, 7) is 3.39. The van der Waals surface area contributed by atoms with Crippen molar-refractivity contribution in [2.24, 2.45) is 11.8 Å². The third-order valence-corrected chi connectivity index (χ3v) is 5.33. The zero-order valence-corrected chi connectivity index (χ0v) is 16.7. The van der Waals surface area contributed by atoms with Crippen LogP contribution in [0.5, 0.6) is 0 Å². The van der Waals surface area contributed by atoms with Crippen molar-refractivity contribution in [3.05, 3.63) is 68.6 Å². The first-order valence-electron chi connectivity index (χ1n) is 7.72. The minimum Gasteiger partial charge on any atom is -0.388 e. The molecule has 4 atom stereocenters. The van der Waals surface area contributed by atoms with Crippen LogP contribution in [0.4, 0.5) is 0 Å². The standard InChI is InChI=1S/C19H20Br2O3/c1-11(18(23)13-3-7-15(20)8-4-13)17(22)12(2)19(24)14-5-9-16(21)10-6-14/h3-12,18-19,23-24H,1-2H3/t11-,12-,18+,19+/m0/s1. The molecular formula is C19H20Br2O3. The van der Waals surface area contributed by atoms with Gasteiger partial charge in [0.2, 0.25) is 0 Å². The Balaban J connectivity index is 2.10. The molecule has 0 unspecified atom stereocenters. The number of hydrogen-bond acceptors (Lipinski definition) is 3. The largest absolute Gasteiger partial charge is 0.388 e. The molecule has 0 heterocycles. The number of aliphatic hydroxyl groups is 2. The lowest BCUT2D eigenvalue weighted by molar-refractivity contribution is -0.132. The molecule has 0 aliphatic carbocycles. The maximum Gasteiger partial charge on any atom is 0.144 e. The molecule has 0 aliphatic heterocycles. The van der Waals surface area contributed by atoms with Crippen LogP contribution in [0.1, 0.15) is 37.2 Å². The van der Waals surface area contributed by atoms with E-state index >= 15 is 0 Å². The second kappa shape index (κ2) is 8.39. The van der Waals surface area contributed by atoms with E-state index < -0.39 is 24.0 Å². The summed E-state index contributed by atoms with van der Waals surface area (Å²) < 4.78 is 1.83. The summed E-state index contributed by atoms with van der Waals surface area (Å²) in [6, 6.07) is 14.5. The molecule has 128 valence electrons. The number of Topliss-reactive ketones (excluding diaryl/α,β-unsaturated/α-hetero) is 1. The second-order valence-corrected chi connectivity index (χ2v) is 7.80. The van der Waals surface area contributed by atoms with Gasteiger partial charge in [0.1, 0.15) is 5.78 Å². The molecule has 0 aromatic heterocycles. The molecule has 5 heteroatoms. The number of ketones is 1. The van der Waals surface area contributed by atoms with E-state index in [-0.39, 0.29) is 5.78 Å². The van der Waals surface area contributed by atoms with E-state index in [4.69, 9.17) is 0 Å². The SMILES string of the molecule is C[C@@H](C(=O)[C@H](C)[C@@H](O)c1ccc(Br)cc1)[C@@H](O)c1ccc(Br)cc1. The molecule has 2 N–H and O–H groups in total. The number of aliphatic hydroxyl groups excluding tert-OH is 2. The van der Waals surface area contributed by atoms with Crippen LogP contribution in [-0.4, -0.2) is 16.0 Å². The highest BCUT2D eigenvalue weighted by molar-refractivity contribution is 9.10. The van der Waals surface area contributed by atoms with Gasteiger partial charge in [-0.05, 0) is 35.4 Å². The third-order valence-electron chi connectivity index (χ3n) is 4.27. The minimum absolute atomic E-state index is 0.166. The van der Waals surface area contributed by atoms with Gasteiger partial charge in [-0.2, -0.15) is 0 Å². The fourth-order valence-electron chi connectivity index (χ4n) is 2.62. The van der Waals surface area contributed by atoms with Crippen molar-refractivity contribution >= 4 is 37.6 Å². The number of carbonyl (C=O) groups excluding carboxylic acids is 1. The monoisotopic (exact) mass is 454 g/mol. The van der Waals surface area contributed by atoms with Crippen LogP contribution in [0.3, 0.4) is 0 Å². The summed E-state index contributed by atoms with van der Waals surface area (Å²) >= 11 is 6.70. The van der Waals surface area contributed by atoms with E-state index in [2.05, 4.69) is 31.9 Å². The molecule has 0 amide bonds. The van der Waals surface area contributed by atoms with Gasteiger partial charge < -0.3 is 10.2 Å². The summed E-state index contributed by atoms with van der Waals surface area (Å²) in [6.07, 6.45) is -1.80. The molecule has 3 nitrogen and oxygen atoms in total. The average molecular weight is 456 g/mol. The van der Waals surface area contributed by atoms with Gasteiger partial charge in [-0.1, -0.05) is 70.0 Å². The van der Waals surface area contributed by atoms with Crippen molar-refractivity contribution in [3.63, 3.8) is 0 Å². The Hall–Kier alpha value is -1.01. The van der Waals surface area contributed by atoms with Crippen LogP contribution in [0.15, 0.2) is 57.5 Å². The molecule has 2 rings (SSSR count). The van der Waals surface area contributed by atoms with Gasteiger partial charge in [0.05, 0.1) is 12.2 Å². The van der Waals surface area contributed by atoms with Crippen molar-refractivity contribution in [3.8, 4) is 0 Å². The van der Waals surface area contributed by atoms with Crippen molar-refractivity contribution in [2.45, 2.75) is 26.1 Å². The van der Waals surface area contributed by atoms with E-state index in [0.717, 1.165) is 8.95 Å². The summed E-state index contributed by atoms with van der Waals surface area (Å²) in [7, 11) is 0. The zero-order valence-electron chi connectivity index (χ0n) is 13.5. The molecule has 0 saturated heterocycles. The lowest BCUT2D eigenvalue weighted by Gasteiger charge is -2.25. The fourth-order valence-corrected chi connectivity index (χ4v) is 3.15. The van der Waals surface area contributed by atoms with Crippen molar-refractivity contribution < 1.29 is 15.0 Å². The van der Waals surface area contributed by atoms with Gasteiger partial charge in [-0.15, -0.1) is 0 Å². The molecule has 0 spiro atoms. The Morgan fingerprint density at radius 2 is 1.04 bits per heavy atom. The normalized spacial score (nSPS) is 16.2. The van der Waals surface area contributed by atoms with Crippen LogP contribution in [0.2, 0.25) is 0 Å². The first kappa shape index (κ1) is 19.3. The molecule has 2 aromatic carbocycles. The predicted octanol–water partition coefficient (Wildman–Crippen LogP) is 4.82. The Morgan fingerprint density at radius 3 is 1.33 bits per heavy atom. The third kappa shape index (κ3) is 4.54. The lowest BCUT2D eigenvalue weighted by atomic mass is 9.83. The van der Waals surface area contributed by atoms with Crippen LogP contribution in [-0.2, 0) is 4.79 Å². The molecule has 0 fully saturated rings. The number of carbonyl (C=O) groups is 1. The van der Waals surface area contributed by atoms with Gasteiger partial charge in [0.15, 0.2) is 0 Å². The van der Waals surface area contributed by atoms with Gasteiger partial charge >= 0.3 is 0 Å². The van der Waals surface area contributed by atoms with Gasteiger partial charge in [-0.3, -0.25) is 4.79 Å². The second-order valence-electron chi connectivity index (χ2n) is 5.97. The van der Waals surface area contributed by atoms with E-state index in [1.54, 1.807) is 38.1 Å². The first-order valence-corrected chi connectivity index (χ1v) is 9.30. The summed E-state index contributed by atoms with van der Waals surface area (Å²) in [4.78, 5) is 12.7. The van der Waals surface area contributed by atoms with Crippen LogP contribution < -0.4 is 0 Å². The van der Waals surface area contributed by atoms with Crippen LogP contribution in [0.25, 0.3) is 0 Å². The Morgan fingerprint density at radius 1 is 0.750 bits per heavy atom. The number of hydrogen-bond donors (Lipinski definition) is 2. The molecule has 2 aromatic rings. The molecule has 0 saturated carbocycles. The van der Waals surface area contributed by atoms with E-state index in [9.17, 15) is 15.0 Å². The van der Waals surface area contributed by atoms with E-state index in [0.29, 0.717) is 11.1 Å². The van der Waals surface area contributed by atoms with Crippen molar-refractivity contribution in [2.75, 3.05) is 0 Å². The van der Waals surface area contributed by atoms with Crippen LogP contribution >= 0.6 is 31.9 Å². The summed E-state index contributed by atoms with van der Waals surface area (Å²) in [5.41, 5.74) is 1.37. The first-order chi connectivity index (χ1) is 11.3. The zero-order chi connectivity index (χ0) is 17.9. The quantitative estimate of drug-likeness (QED) is 0.656. The smallest absolute Gasteiger partial charge is 0.144 e. The minimum atomic E-state index is -0.898. The molecule has 0 radical (unpaired) electrons. The van der Waals surface area contributed by atoms with E-state index in [1.807, 2.05) is 24.3 Å². The average Bonchev–Trinajstić information content (AvgIpc) is 2.60. The highest BCUT2D eigenvalue weighted by atomic mass is 79.9. The number of rotatable bonds is 6. The Kier molecular flexibility index (Phi) is 6.75. The number of halogens is 2. The molecule has 0 bridgehead atoms. The molecular weight excluding hydrogens is 436 g/mol.